The summed E-state index contributed by atoms with van der Waals surface area (Å²) < 4.78 is 10.9. The van der Waals surface area contributed by atoms with Crippen LogP contribution in [0.1, 0.15) is 53.4 Å². The molecule has 0 spiro atoms. The smallest absolute Gasteiger partial charge is 0.334 e. The molecule has 4 heteroatoms. The van der Waals surface area contributed by atoms with E-state index in [-0.39, 0.29) is 0 Å². The van der Waals surface area contributed by atoms with Crippen LogP contribution in [0.25, 0.3) is 0 Å². The summed E-state index contributed by atoms with van der Waals surface area (Å²) >= 11 is 0. The zero-order chi connectivity index (χ0) is 17.5. The van der Waals surface area contributed by atoms with Crippen molar-refractivity contribution in [2.45, 2.75) is 65.1 Å². The number of esters is 1. The third kappa shape index (κ3) is 5.54. The Kier molecular flexibility index (Phi) is 7.56. The minimum absolute atomic E-state index is 0.316. The van der Waals surface area contributed by atoms with Gasteiger partial charge in [0.2, 0.25) is 0 Å². The third-order valence-electron chi connectivity index (χ3n) is 4.29. The molecule has 23 heavy (non-hydrogen) atoms. The molecule has 1 aliphatic heterocycles. The Balaban J connectivity index is 2.99. The maximum Gasteiger partial charge on any atom is 0.334 e. The summed E-state index contributed by atoms with van der Waals surface area (Å²) in [5, 5.41) is 9.44. The standard InChI is InChI=1S/C19H30O4/c1-6-15(10-9-14(4)20)12-19(8-3)13-16(7-2)17(23-19)11-18(21)22-5/h9-11,13-15,20H,6-8,12H2,1-5H3/b10-9+,17-11-/t14-,15+,19-/m0/s1. The summed E-state index contributed by atoms with van der Waals surface area (Å²) in [6, 6.07) is 0. The van der Waals surface area contributed by atoms with Crippen LogP contribution in [-0.4, -0.2) is 29.9 Å². The van der Waals surface area contributed by atoms with Gasteiger partial charge in [0.15, 0.2) is 0 Å². The minimum atomic E-state index is -0.442. The molecule has 1 rings (SSSR count). The van der Waals surface area contributed by atoms with E-state index in [1.807, 2.05) is 6.08 Å². The van der Waals surface area contributed by atoms with Crippen LogP contribution in [0.15, 0.2) is 35.6 Å². The van der Waals surface area contributed by atoms with Crippen LogP contribution in [0, 0.1) is 5.92 Å². The number of hydrogen-bond acceptors (Lipinski definition) is 4. The van der Waals surface area contributed by atoms with Crippen LogP contribution in [0.2, 0.25) is 0 Å². The molecule has 0 radical (unpaired) electrons. The van der Waals surface area contributed by atoms with Crippen molar-refractivity contribution in [3.63, 3.8) is 0 Å². The molecule has 0 unspecified atom stereocenters. The number of allylic oxidation sites excluding steroid dienone is 2. The Morgan fingerprint density at radius 2 is 2.09 bits per heavy atom. The van der Waals surface area contributed by atoms with Crippen molar-refractivity contribution in [1.82, 2.24) is 0 Å². The Morgan fingerprint density at radius 3 is 2.57 bits per heavy atom. The number of rotatable bonds is 8. The third-order valence-corrected chi connectivity index (χ3v) is 4.29. The molecule has 1 N–H and O–H groups in total. The van der Waals surface area contributed by atoms with E-state index >= 15 is 0 Å². The van der Waals surface area contributed by atoms with Crippen LogP contribution in [0.5, 0.6) is 0 Å². The quantitative estimate of drug-likeness (QED) is 0.418. The van der Waals surface area contributed by atoms with E-state index < -0.39 is 17.7 Å². The lowest BCUT2D eigenvalue weighted by Gasteiger charge is -2.29. The van der Waals surface area contributed by atoms with Gasteiger partial charge >= 0.3 is 5.97 Å². The molecule has 0 bridgehead atoms. The highest BCUT2D eigenvalue weighted by atomic mass is 16.5. The SMILES string of the molecule is CCC1=C[C@](CC)(C[C@@H](/C=C/[C@H](C)O)CC)O/C1=C\C(=O)OC. The lowest BCUT2D eigenvalue weighted by atomic mass is 9.86. The van der Waals surface area contributed by atoms with Gasteiger partial charge in [0, 0.05) is 0 Å². The molecule has 0 aliphatic carbocycles. The fourth-order valence-electron chi connectivity index (χ4n) is 2.80. The van der Waals surface area contributed by atoms with E-state index in [2.05, 4.69) is 32.9 Å². The number of aliphatic hydroxyl groups is 1. The number of hydrogen-bond donors (Lipinski definition) is 1. The maximum absolute atomic E-state index is 11.5. The van der Waals surface area contributed by atoms with Crippen LogP contribution >= 0.6 is 0 Å². The van der Waals surface area contributed by atoms with E-state index in [9.17, 15) is 9.90 Å². The van der Waals surface area contributed by atoms with Gasteiger partial charge < -0.3 is 14.6 Å². The number of carbonyl (C=O) groups excluding carboxylic acids is 1. The maximum atomic E-state index is 11.5. The molecule has 3 atom stereocenters. The topological polar surface area (TPSA) is 55.8 Å². The first-order chi connectivity index (χ1) is 10.9. The minimum Gasteiger partial charge on any atom is -0.483 e. The number of methoxy groups -OCH3 is 1. The summed E-state index contributed by atoms with van der Waals surface area (Å²) in [7, 11) is 1.37. The summed E-state index contributed by atoms with van der Waals surface area (Å²) in [5.41, 5.74) is 0.654. The van der Waals surface area contributed by atoms with Crippen molar-refractivity contribution in [1.29, 1.82) is 0 Å². The van der Waals surface area contributed by atoms with Crippen LogP contribution in [0.4, 0.5) is 0 Å². The molecule has 4 nitrogen and oxygen atoms in total. The first kappa shape index (κ1) is 19.5. The van der Waals surface area contributed by atoms with Crippen LogP contribution in [-0.2, 0) is 14.3 Å². The number of aliphatic hydroxyl groups excluding tert-OH is 1. The van der Waals surface area contributed by atoms with Crippen molar-refractivity contribution >= 4 is 5.97 Å². The molecule has 130 valence electrons. The van der Waals surface area contributed by atoms with Crippen LogP contribution < -0.4 is 0 Å². The predicted molar refractivity (Wildman–Crippen MR) is 91.8 cm³/mol. The van der Waals surface area contributed by atoms with Gasteiger partial charge in [-0.2, -0.15) is 0 Å². The number of carbonyl (C=O) groups is 1. The Bertz CT molecular complexity index is 488. The average molecular weight is 322 g/mol. The lowest BCUT2D eigenvalue weighted by molar-refractivity contribution is -0.135. The molecule has 0 fully saturated rings. The molecular weight excluding hydrogens is 292 g/mol. The molecule has 0 aromatic rings. The van der Waals surface area contributed by atoms with Gasteiger partial charge in [-0.1, -0.05) is 32.9 Å². The molecule has 0 amide bonds. The van der Waals surface area contributed by atoms with Gasteiger partial charge in [-0.15, -0.1) is 0 Å². The molecule has 0 saturated heterocycles. The summed E-state index contributed by atoms with van der Waals surface area (Å²) in [6.45, 7) is 8.02. The second-order valence-electron chi connectivity index (χ2n) is 6.07. The van der Waals surface area contributed by atoms with Gasteiger partial charge in [0.25, 0.3) is 0 Å². The lowest BCUT2D eigenvalue weighted by Crippen LogP contribution is -2.28. The normalized spacial score (nSPS) is 25.3. The monoisotopic (exact) mass is 322 g/mol. The van der Waals surface area contributed by atoms with Crippen molar-refractivity contribution in [2.24, 2.45) is 5.92 Å². The zero-order valence-corrected chi connectivity index (χ0v) is 15.0. The first-order valence-corrected chi connectivity index (χ1v) is 8.46. The fraction of sp³-hybridized carbons (Fsp3) is 0.632. The second-order valence-corrected chi connectivity index (χ2v) is 6.07. The zero-order valence-electron chi connectivity index (χ0n) is 15.0. The van der Waals surface area contributed by atoms with E-state index in [1.54, 1.807) is 6.92 Å². The van der Waals surface area contributed by atoms with E-state index in [0.717, 1.165) is 31.3 Å². The van der Waals surface area contributed by atoms with Gasteiger partial charge in [-0.25, -0.2) is 4.79 Å². The Labute approximate surface area is 139 Å². The molecule has 0 aromatic carbocycles. The first-order valence-electron chi connectivity index (χ1n) is 8.46. The largest absolute Gasteiger partial charge is 0.483 e. The highest BCUT2D eigenvalue weighted by Gasteiger charge is 2.37. The molecule has 1 aliphatic rings. The average Bonchev–Trinajstić information content (AvgIpc) is 2.89. The Hall–Kier alpha value is -1.55. The Morgan fingerprint density at radius 1 is 1.39 bits per heavy atom. The second kappa shape index (κ2) is 8.92. The highest BCUT2D eigenvalue weighted by Crippen LogP contribution is 2.40. The van der Waals surface area contributed by atoms with Gasteiger partial charge in [0.1, 0.15) is 11.4 Å². The molecule has 0 aromatic heterocycles. The van der Waals surface area contributed by atoms with Crippen molar-refractivity contribution in [2.75, 3.05) is 7.11 Å². The van der Waals surface area contributed by atoms with E-state index in [0.29, 0.717) is 11.7 Å². The van der Waals surface area contributed by atoms with Crippen molar-refractivity contribution < 1.29 is 19.4 Å². The van der Waals surface area contributed by atoms with Crippen molar-refractivity contribution in [3.05, 3.63) is 35.6 Å². The molecule has 0 saturated carbocycles. The summed E-state index contributed by atoms with van der Waals surface area (Å²) in [5.74, 6) is 0.541. The highest BCUT2D eigenvalue weighted by molar-refractivity contribution is 5.83. The van der Waals surface area contributed by atoms with Crippen molar-refractivity contribution in [3.8, 4) is 0 Å². The fourth-order valence-corrected chi connectivity index (χ4v) is 2.80. The molecular formula is C19H30O4. The van der Waals surface area contributed by atoms with E-state index in [4.69, 9.17) is 9.47 Å². The molecule has 1 heterocycles. The van der Waals surface area contributed by atoms with Crippen LogP contribution in [0.3, 0.4) is 0 Å². The van der Waals surface area contributed by atoms with Gasteiger partial charge in [-0.05, 0) is 50.2 Å². The summed E-state index contributed by atoms with van der Waals surface area (Å²) in [4.78, 5) is 11.5. The van der Waals surface area contributed by atoms with Gasteiger partial charge in [-0.3, -0.25) is 0 Å². The van der Waals surface area contributed by atoms with E-state index in [1.165, 1.54) is 13.2 Å². The number of ether oxygens (including phenoxy) is 2. The summed E-state index contributed by atoms with van der Waals surface area (Å²) in [6.07, 6.45) is 10.5. The van der Waals surface area contributed by atoms with Gasteiger partial charge in [0.05, 0.1) is 19.3 Å². The predicted octanol–water partition coefficient (Wildman–Crippen LogP) is 3.91.